The Morgan fingerprint density at radius 1 is 1.50 bits per heavy atom. The van der Waals surface area contributed by atoms with E-state index in [1.165, 1.54) is 11.3 Å². The largest absolute Gasteiger partial charge is 0.377 e. The van der Waals surface area contributed by atoms with E-state index in [0.717, 1.165) is 19.4 Å². The van der Waals surface area contributed by atoms with E-state index < -0.39 is 5.60 Å². The maximum absolute atomic E-state index is 12.6. The summed E-state index contributed by atoms with van der Waals surface area (Å²) in [5, 5.41) is 6.03. The maximum Gasteiger partial charge on any atom is 0.273 e. The van der Waals surface area contributed by atoms with Crippen molar-refractivity contribution in [2.24, 2.45) is 0 Å². The second-order valence-electron chi connectivity index (χ2n) is 6.34. The van der Waals surface area contributed by atoms with Crippen molar-refractivity contribution in [2.45, 2.75) is 31.1 Å². The number of nitrogens with zero attached hydrogens (tertiary/aromatic N) is 4. The van der Waals surface area contributed by atoms with Gasteiger partial charge in [0.1, 0.15) is 11.3 Å². The zero-order valence-corrected chi connectivity index (χ0v) is 14.2. The van der Waals surface area contributed by atoms with Crippen LogP contribution >= 0.6 is 11.3 Å². The molecule has 0 bridgehead atoms. The topological polar surface area (TPSA) is 69.5 Å². The second-order valence-corrected chi connectivity index (χ2v) is 7.06. The molecule has 7 nitrogen and oxygen atoms in total. The molecular weight excluding hydrogens is 328 g/mol. The molecule has 0 N–H and O–H groups in total. The third-order valence-electron chi connectivity index (χ3n) is 4.58. The highest BCUT2D eigenvalue weighted by Crippen LogP contribution is 2.34. The number of aromatic nitrogens is 3. The van der Waals surface area contributed by atoms with Gasteiger partial charge in [-0.25, -0.2) is 4.98 Å². The van der Waals surface area contributed by atoms with E-state index in [1.807, 2.05) is 21.8 Å². The van der Waals surface area contributed by atoms with Gasteiger partial charge in [0.25, 0.3) is 5.91 Å². The number of carbonyl (C=O) groups excluding carboxylic acids is 1. The third kappa shape index (κ3) is 3.22. The molecule has 0 aromatic carbocycles. The van der Waals surface area contributed by atoms with Crippen LogP contribution in [0, 0.1) is 0 Å². The van der Waals surface area contributed by atoms with Gasteiger partial charge in [0.05, 0.1) is 37.9 Å². The van der Waals surface area contributed by atoms with Crippen LogP contribution < -0.4 is 0 Å². The van der Waals surface area contributed by atoms with E-state index in [0.29, 0.717) is 32.0 Å². The summed E-state index contributed by atoms with van der Waals surface area (Å²) < 4.78 is 14.0. The summed E-state index contributed by atoms with van der Waals surface area (Å²) in [6.07, 6.45) is 5.65. The number of amides is 1. The van der Waals surface area contributed by atoms with Gasteiger partial charge in [0.15, 0.2) is 0 Å². The summed E-state index contributed by atoms with van der Waals surface area (Å²) in [7, 11) is 0. The van der Waals surface area contributed by atoms with Crippen LogP contribution in [0.15, 0.2) is 29.4 Å². The fourth-order valence-electron chi connectivity index (χ4n) is 3.42. The first-order valence-electron chi connectivity index (χ1n) is 8.15. The molecule has 2 aliphatic heterocycles. The molecule has 2 unspecified atom stereocenters. The van der Waals surface area contributed by atoms with E-state index >= 15 is 0 Å². The first-order chi connectivity index (χ1) is 11.7. The number of carbonyl (C=O) groups is 1. The number of hydrogen-bond acceptors (Lipinski definition) is 6. The lowest BCUT2D eigenvalue weighted by atomic mass is 10.00. The molecule has 2 atom stereocenters. The molecule has 2 aromatic rings. The van der Waals surface area contributed by atoms with Gasteiger partial charge < -0.3 is 14.4 Å². The Labute approximate surface area is 144 Å². The minimum absolute atomic E-state index is 0.0414. The number of thiazole rings is 1. The predicted octanol–water partition coefficient (Wildman–Crippen LogP) is 1.43. The Hall–Kier alpha value is -1.77. The number of ether oxygens (including phenoxy) is 2. The van der Waals surface area contributed by atoms with Crippen LogP contribution in [-0.2, 0) is 16.0 Å². The van der Waals surface area contributed by atoms with Crippen LogP contribution in [0.4, 0.5) is 0 Å². The van der Waals surface area contributed by atoms with Gasteiger partial charge in [0, 0.05) is 24.3 Å². The fourth-order valence-corrected chi connectivity index (χ4v) is 3.95. The van der Waals surface area contributed by atoms with Crippen LogP contribution in [0.25, 0.3) is 0 Å². The summed E-state index contributed by atoms with van der Waals surface area (Å²) in [6, 6.07) is 1.91. The van der Waals surface area contributed by atoms with Gasteiger partial charge in [-0.3, -0.25) is 9.48 Å². The van der Waals surface area contributed by atoms with Crippen molar-refractivity contribution in [3.05, 3.63) is 35.0 Å². The summed E-state index contributed by atoms with van der Waals surface area (Å²) in [6.45, 7) is 2.92. The molecule has 0 saturated carbocycles. The average molecular weight is 348 g/mol. The Bertz CT molecular complexity index is 676. The Balaban J connectivity index is 1.45. The highest BCUT2D eigenvalue weighted by Gasteiger charge is 2.44. The van der Waals surface area contributed by atoms with Crippen molar-refractivity contribution in [3.63, 3.8) is 0 Å². The fraction of sp³-hybridized carbons (Fsp3) is 0.562. The standard InChI is InChI=1S/C16H20N4O3S/c21-15(14-9-24-12-17-14)19-6-7-22-11-16(10-19)3-2-13(23-16)8-20-5-1-4-18-20/h1,4-5,9,12-13H,2-3,6-8,10-11H2. The molecule has 4 heterocycles. The van der Waals surface area contributed by atoms with Gasteiger partial charge in [0.2, 0.25) is 0 Å². The molecule has 4 rings (SSSR count). The van der Waals surface area contributed by atoms with Crippen molar-refractivity contribution < 1.29 is 14.3 Å². The summed E-state index contributed by atoms with van der Waals surface area (Å²) in [4.78, 5) is 18.6. The zero-order chi connectivity index (χ0) is 16.4. The summed E-state index contributed by atoms with van der Waals surface area (Å²) in [5.74, 6) is -0.0414. The highest BCUT2D eigenvalue weighted by atomic mass is 32.1. The third-order valence-corrected chi connectivity index (χ3v) is 5.16. The average Bonchev–Trinajstić information content (AvgIpc) is 3.30. The van der Waals surface area contributed by atoms with Crippen molar-refractivity contribution in [1.29, 1.82) is 0 Å². The molecule has 24 heavy (non-hydrogen) atoms. The van der Waals surface area contributed by atoms with Crippen LogP contribution in [0.5, 0.6) is 0 Å². The first kappa shape index (κ1) is 15.7. The van der Waals surface area contributed by atoms with E-state index in [4.69, 9.17) is 9.47 Å². The van der Waals surface area contributed by atoms with Crippen LogP contribution in [-0.4, -0.2) is 63.6 Å². The monoisotopic (exact) mass is 348 g/mol. The lowest BCUT2D eigenvalue weighted by molar-refractivity contribution is -0.0881. The zero-order valence-electron chi connectivity index (χ0n) is 13.3. The van der Waals surface area contributed by atoms with Crippen LogP contribution in [0.1, 0.15) is 23.3 Å². The quantitative estimate of drug-likeness (QED) is 0.839. The molecule has 0 aliphatic carbocycles. The summed E-state index contributed by atoms with van der Waals surface area (Å²) >= 11 is 1.43. The number of rotatable bonds is 3. The van der Waals surface area contributed by atoms with Crippen molar-refractivity contribution in [1.82, 2.24) is 19.7 Å². The Morgan fingerprint density at radius 3 is 3.25 bits per heavy atom. The molecule has 8 heteroatoms. The van der Waals surface area contributed by atoms with Gasteiger partial charge >= 0.3 is 0 Å². The van der Waals surface area contributed by atoms with Gasteiger partial charge in [-0.05, 0) is 18.9 Å². The predicted molar refractivity (Wildman–Crippen MR) is 87.9 cm³/mol. The second kappa shape index (κ2) is 6.62. The minimum Gasteiger partial charge on any atom is -0.377 e. The van der Waals surface area contributed by atoms with Gasteiger partial charge in [-0.2, -0.15) is 5.10 Å². The van der Waals surface area contributed by atoms with Crippen molar-refractivity contribution in [2.75, 3.05) is 26.3 Å². The van der Waals surface area contributed by atoms with Crippen molar-refractivity contribution >= 4 is 17.2 Å². The van der Waals surface area contributed by atoms with E-state index in [2.05, 4.69) is 10.1 Å². The van der Waals surface area contributed by atoms with Gasteiger partial charge in [-0.1, -0.05) is 0 Å². The first-order valence-corrected chi connectivity index (χ1v) is 9.09. The molecule has 1 spiro atoms. The SMILES string of the molecule is O=C(c1cscn1)N1CCOCC2(CCC(Cn3cccn3)O2)C1. The molecule has 1 amide bonds. The molecule has 2 saturated heterocycles. The normalized spacial score (nSPS) is 27.5. The van der Waals surface area contributed by atoms with E-state index in [-0.39, 0.29) is 12.0 Å². The minimum atomic E-state index is -0.417. The van der Waals surface area contributed by atoms with E-state index in [1.54, 1.807) is 17.1 Å². The van der Waals surface area contributed by atoms with E-state index in [9.17, 15) is 4.79 Å². The Kier molecular flexibility index (Phi) is 4.34. The smallest absolute Gasteiger partial charge is 0.273 e. The summed E-state index contributed by atoms with van der Waals surface area (Å²) in [5.41, 5.74) is 1.77. The van der Waals surface area contributed by atoms with Crippen LogP contribution in [0.3, 0.4) is 0 Å². The maximum atomic E-state index is 12.6. The lowest BCUT2D eigenvalue weighted by Crippen LogP contribution is -2.47. The molecule has 2 fully saturated rings. The molecule has 128 valence electrons. The van der Waals surface area contributed by atoms with Crippen LogP contribution in [0.2, 0.25) is 0 Å². The molecule has 0 radical (unpaired) electrons. The molecule has 2 aromatic heterocycles. The highest BCUT2D eigenvalue weighted by molar-refractivity contribution is 7.07. The number of hydrogen-bond donors (Lipinski definition) is 0. The lowest BCUT2D eigenvalue weighted by Gasteiger charge is -2.31. The van der Waals surface area contributed by atoms with Crippen molar-refractivity contribution in [3.8, 4) is 0 Å². The molecule has 2 aliphatic rings. The Morgan fingerprint density at radius 2 is 2.46 bits per heavy atom. The molecular formula is C16H20N4O3S. The van der Waals surface area contributed by atoms with Gasteiger partial charge in [-0.15, -0.1) is 11.3 Å².